The molecule has 11 aromatic carbocycles. The van der Waals surface area contributed by atoms with Crippen molar-refractivity contribution in [2.75, 3.05) is 14.7 Å². The van der Waals surface area contributed by atoms with Crippen LogP contribution in [0.15, 0.2) is 297 Å². The Morgan fingerprint density at radius 2 is 0.493 bits per heavy atom. The number of hydrogen-bond acceptors (Lipinski definition) is 5. The molecule has 348 valence electrons. The van der Waals surface area contributed by atoms with Crippen LogP contribution in [0.4, 0.5) is 51.2 Å². The van der Waals surface area contributed by atoms with Crippen molar-refractivity contribution in [1.82, 2.24) is 0 Å². The van der Waals surface area contributed by atoms with E-state index in [0.29, 0.717) is 22.3 Å². The molecule has 0 radical (unpaired) electrons. The molecule has 0 aliphatic rings. The SMILES string of the molecule is O=C(c1ccc(-c2ccccc2N(c2ccccc2)c2ccccc2)cc1)c1cccc(N(c2ccccc2)c2cccc(C(=O)c3ccc(-c4ccccc4N(c4ccccc4)c4ccccc4)cc3)c2)c1. The van der Waals surface area contributed by atoms with Crippen LogP contribution in [-0.4, -0.2) is 11.6 Å². The first-order valence-electron chi connectivity index (χ1n) is 24.4. The van der Waals surface area contributed by atoms with Gasteiger partial charge in [0.15, 0.2) is 11.6 Å². The third kappa shape index (κ3) is 9.72. The molecule has 0 saturated heterocycles. The summed E-state index contributed by atoms with van der Waals surface area (Å²) in [7, 11) is 0. The van der Waals surface area contributed by atoms with Crippen LogP contribution in [0.2, 0.25) is 0 Å². The highest BCUT2D eigenvalue weighted by Gasteiger charge is 2.21. The van der Waals surface area contributed by atoms with Crippen molar-refractivity contribution >= 4 is 62.8 Å². The van der Waals surface area contributed by atoms with E-state index in [1.54, 1.807) is 0 Å². The number of carbonyl (C=O) groups is 2. The first kappa shape index (κ1) is 45.6. The van der Waals surface area contributed by atoms with Gasteiger partial charge < -0.3 is 14.7 Å². The minimum absolute atomic E-state index is 0.0901. The summed E-state index contributed by atoms with van der Waals surface area (Å²) in [4.78, 5) is 35.4. The molecular formula is C68H49N3O2. The Hall–Kier alpha value is -9.84. The summed E-state index contributed by atoms with van der Waals surface area (Å²) in [5.74, 6) is -0.180. The van der Waals surface area contributed by atoms with Gasteiger partial charge in [0, 0.05) is 73.2 Å². The van der Waals surface area contributed by atoms with Gasteiger partial charge in [-0.15, -0.1) is 0 Å². The fourth-order valence-electron chi connectivity index (χ4n) is 9.52. The second kappa shape index (κ2) is 21.0. The number of ketones is 2. The van der Waals surface area contributed by atoms with Crippen LogP contribution in [0.3, 0.4) is 0 Å². The Balaban J connectivity index is 0.868. The molecule has 11 aromatic rings. The highest BCUT2D eigenvalue weighted by Crippen LogP contribution is 2.43. The zero-order chi connectivity index (χ0) is 49.3. The summed E-state index contributed by atoms with van der Waals surface area (Å²) in [6.45, 7) is 0. The number of anilines is 9. The van der Waals surface area contributed by atoms with E-state index in [4.69, 9.17) is 0 Å². The highest BCUT2D eigenvalue weighted by atomic mass is 16.1. The van der Waals surface area contributed by atoms with Gasteiger partial charge in [-0.1, -0.05) is 200 Å². The molecule has 11 rings (SSSR count). The Morgan fingerprint density at radius 1 is 0.219 bits per heavy atom. The fraction of sp³-hybridized carbons (Fsp3) is 0. The number of para-hydroxylation sites is 7. The molecule has 0 heterocycles. The zero-order valence-electron chi connectivity index (χ0n) is 39.9. The van der Waals surface area contributed by atoms with Crippen molar-refractivity contribution in [2.24, 2.45) is 0 Å². The number of nitrogens with zero attached hydrogens (tertiary/aromatic N) is 3. The van der Waals surface area contributed by atoms with Crippen LogP contribution in [0, 0.1) is 0 Å². The van der Waals surface area contributed by atoms with Gasteiger partial charge in [0.25, 0.3) is 0 Å². The lowest BCUT2D eigenvalue weighted by Gasteiger charge is -2.27. The standard InChI is InChI=1S/C68H49N3O2/c72-67(52-44-40-50(41-45-52)63-36-16-18-38-65(63)70(57-26-8-2-9-27-57)58-28-10-3-11-29-58)54-22-20-34-61(48-54)69(56-24-6-1-7-25-56)62-35-21-23-55(49-62)68(73)53-46-42-51(43-47-53)64-37-17-19-39-66(64)71(59-30-12-4-13-31-59)60-32-14-5-15-33-60/h1-49H. The Bertz CT molecular complexity index is 3340. The minimum Gasteiger partial charge on any atom is -0.310 e. The van der Waals surface area contributed by atoms with Crippen molar-refractivity contribution in [3.05, 3.63) is 320 Å². The lowest BCUT2D eigenvalue weighted by Crippen LogP contribution is -2.12. The molecule has 5 heteroatoms. The molecule has 0 saturated carbocycles. The summed E-state index contributed by atoms with van der Waals surface area (Å²) in [6, 6.07) is 99.3. The van der Waals surface area contributed by atoms with Gasteiger partial charge in [0.2, 0.25) is 0 Å². The molecule has 0 aliphatic carbocycles. The lowest BCUT2D eigenvalue weighted by molar-refractivity contribution is 0.103. The number of hydrogen-bond donors (Lipinski definition) is 0. The first-order chi connectivity index (χ1) is 36.1. The highest BCUT2D eigenvalue weighted by molar-refractivity contribution is 6.11. The van der Waals surface area contributed by atoms with Gasteiger partial charge in [0.1, 0.15) is 0 Å². The Labute approximate surface area is 426 Å². The second-order valence-corrected chi connectivity index (χ2v) is 17.6. The van der Waals surface area contributed by atoms with Crippen LogP contribution in [0.1, 0.15) is 31.8 Å². The van der Waals surface area contributed by atoms with Crippen molar-refractivity contribution in [3.8, 4) is 22.3 Å². The largest absolute Gasteiger partial charge is 0.310 e. The van der Waals surface area contributed by atoms with E-state index in [9.17, 15) is 9.59 Å². The van der Waals surface area contributed by atoms with Crippen LogP contribution < -0.4 is 14.7 Å². The fourth-order valence-corrected chi connectivity index (χ4v) is 9.52. The second-order valence-electron chi connectivity index (χ2n) is 17.6. The van der Waals surface area contributed by atoms with Gasteiger partial charge in [-0.2, -0.15) is 0 Å². The molecule has 0 aliphatic heterocycles. The predicted molar refractivity (Wildman–Crippen MR) is 301 cm³/mol. The van der Waals surface area contributed by atoms with E-state index in [0.717, 1.165) is 73.4 Å². The van der Waals surface area contributed by atoms with Crippen molar-refractivity contribution in [1.29, 1.82) is 0 Å². The molecule has 0 amide bonds. The molecule has 0 atom stereocenters. The summed E-state index contributed by atoms with van der Waals surface area (Å²) < 4.78 is 0. The lowest BCUT2D eigenvalue weighted by atomic mass is 9.97. The van der Waals surface area contributed by atoms with E-state index >= 15 is 0 Å². The van der Waals surface area contributed by atoms with Crippen molar-refractivity contribution in [2.45, 2.75) is 0 Å². The van der Waals surface area contributed by atoms with Crippen LogP contribution in [0.5, 0.6) is 0 Å². The predicted octanol–water partition coefficient (Wildman–Crippen LogP) is 17.9. The van der Waals surface area contributed by atoms with Crippen LogP contribution in [-0.2, 0) is 0 Å². The summed E-state index contributed by atoms with van der Waals surface area (Å²) in [5.41, 5.74) is 15.1. The zero-order valence-corrected chi connectivity index (χ0v) is 39.9. The van der Waals surface area contributed by atoms with Gasteiger partial charge in [-0.3, -0.25) is 9.59 Å². The average molecular weight is 940 g/mol. The molecule has 0 aromatic heterocycles. The van der Waals surface area contributed by atoms with Crippen molar-refractivity contribution < 1.29 is 9.59 Å². The van der Waals surface area contributed by atoms with E-state index in [-0.39, 0.29) is 11.6 Å². The molecule has 0 fully saturated rings. The van der Waals surface area contributed by atoms with Crippen LogP contribution >= 0.6 is 0 Å². The van der Waals surface area contributed by atoms with Gasteiger partial charge >= 0.3 is 0 Å². The molecule has 0 bridgehead atoms. The smallest absolute Gasteiger partial charge is 0.193 e. The maximum atomic E-state index is 14.4. The van der Waals surface area contributed by atoms with E-state index < -0.39 is 0 Å². The quantitative estimate of drug-likeness (QED) is 0.0958. The van der Waals surface area contributed by atoms with E-state index in [1.165, 1.54) is 0 Å². The van der Waals surface area contributed by atoms with Gasteiger partial charge in [0.05, 0.1) is 11.4 Å². The average Bonchev–Trinajstić information content (AvgIpc) is 3.47. The van der Waals surface area contributed by atoms with E-state index in [2.05, 4.69) is 148 Å². The monoisotopic (exact) mass is 939 g/mol. The van der Waals surface area contributed by atoms with Gasteiger partial charge in [-0.05, 0) is 108 Å². The normalized spacial score (nSPS) is 10.8. The van der Waals surface area contributed by atoms with Crippen molar-refractivity contribution in [3.63, 3.8) is 0 Å². The summed E-state index contributed by atoms with van der Waals surface area (Å²) >= 11 is 0. The molecular weight excluding hydrogens is 891 g/mol. The van der Waals surface area contributed by atoms with Crippen LogP contribution in [0.25, 0.3) is 22.3 Å². The van der Waals surface area contributed by atoms with Gasteiger partial charge in [-0.25, -0.2) is 0 Å². The summed E-state index contributed by atoms with van der Waals surface area (Å²) in [6.07, 6.45) is 0. The third-order valence-electron chi connectivity index (χ3n) is 13.0. The molecule has 0 N–H and O–H groups in total. The third-order valence-corrected chi connectivity index (χ3v) is 13.0. The molecule has 0 unspecified atom stereocenters. The minimum atomic E-state index is -0.0901. The number of rotatable bonds is 15. The maximum absolute atomic E-state index is 14.4. The summed E-state index contributed by atoms with van der Waals surface area (Å²) in [5, 5.41) is 0. The number of carbonyl (C=O) groups excluding carboxylic acids is 2. The van der Waals surface area contributed by atoms with E-state index in [1.807, 2.05) is 164 Å². The molecule has 5 nitrogen and oxygen atoms in total. The number of benzene rings is 11. The Kier molecular flexibility index (Phi) is 13.1. The Morgan fingerprint density at radius 3 is 0.822 bits per heavy atom. The first-order valence-corrected chi connectivity index (χ1v) is 24.4. The topological polar surface area (TPSA) is 43.9 Å². The molecule has 0 spiro atoms. The maximum Gasteiger partial charge on any atom is 0.193 e. The molecule has 73 heavy (non-hydrogen) atoms.